The molecule has 0 radical (unpaired) electrons. The lowest BCUT2D eigenvalue weighted by molar-refractivity contribution is -0.139. The van der Waals surface area contributed by atoms with Crippen LogP contribution >= 0.6 is 11.8 Å². The minimum Gasteiger partial charge on any atom is -0.480 e. The smallest absolute Gasteiger partial charge is 0.321 e. The summed E-state index contributed by atoms with van der Waals surface area (Å²) in [6.07, 6.45) is 1.18. The van der Waals surface area contributed by atoms with E-state index in [0.29, 0.717) is 6.42 Å². The summed E-state index contributed by atoms with van der Waals surface area (Å²) in [5.41, 5.74) is 5.56. The van der Waals surface area contributed by atoms with E-state index in [1.165, 1.54) is 11.8 Å². The van der Waals surface area contributed by atoms with Crippen LogP contribution in [0, 0.1) is 0 Å². The maximum absolute atomic E-state index is 10.9. The predicted molar refractivity (Wildman–Crippen MR) is 65.4 cm³/mol. The number of hydrogen-bond acceptors (Lipinski definition) is 4. The van der Waals surface area contributed by atoms with Crippen LogP contribution in [-0.4, -0.2) is 40.6 Å². The van der Waals surface area contributed by atoms with Gasteiger partial charge < -0.3 is 16.2 Å². The van der Waals surface area contributed by atoms with Crippen LogP contribution in [0.2, 0.25) is 0 Å². The number of thioether (sulfide) groups is 1. The topological polar surface area (TPSA) is 92.4 Å². The first kappa shape index (κ1) is 15.2. The van der Waals surface area contributed by atoms with Gasteiger partial charge in [-0.2, -0.15) is 11.8 Å². The number of carbonyl (C=O) groups excluding carboxylic acids is 1. The lowest BCUT2D eigenvalue weighted by atomic mass is 10.1. The molecule has 5 nitrogen and oxygen atoms in total. The Morgan fingerprint density at radius 3 is 2.50 bits per heavy atom. The molecule has 0 unspecified atom stereocenters. The molecule has 0 aromatic heterocycles. The standard InChI is InChI=1S/C10H20N2O3S/c1-10(2,8(11)9(14)15)16-6-4-5-7(13)12-3/h8H,4-6,11H2,1-3H3,(H,12,13)(H,14,15)/t8-/m0/s1. The summed E-state index contributed by atoms with van der Waals surface area (Å²) in [5, 5.41) is 11.3. The first-order valence-electron chi connectivity index (χ1n) is 5.14. The van der Waals surface area contributed by atoms with Crippen LogP contribution in [0.25, 0.3) is 0 Å². The molecular formula is C10H20N2O3S. The average molecular weight is 248 g/mol. The zero-order chi connectivity index (χ0) is 12.8. The van der Waals surface area contributed by atoms with E-state index >= 15 is 0 Å². The first-order chi connectivity index (χ1) is 7.31. The average Bonchev–Trinajstić information content (AvgIpc) is 2.22. The number of nitrogens with two attached hydrogens (primary N) is 1. The van der Waals surface area contributed by atoms with Crippen LogP contribution in [0.15, 0.2) is 0 Å². The maximum atomic E-state index is 10.9. The molecule has 0 saturated heterocycles. The number of nitrogens with one attached hydrogen (secondary N) is 1. The number of aliphatic carboxylic acids is 1. The Hall–Kier alpha value is -0.750. The van der Waals surface area contributed by atoms with Crippen LogP contribution in [0.3, 0.4) is 0 Å². The van der Waals surface area contributed by atoms with E-state index < -0.39 is 16.8 Å². The molecule has 1 amide bonds. The second-order valence-electron chi connectivity index (χ2n) is 4.04. The van der Waals surface area contributed by atoms with Crippen molar-refractivity contribution in [2.75, 3.05) is 12.8 Å². The van der Waals surface area contributed by atoms with E-state index in [1.54, 1.807) is 20.9 Å². The minimum absolute atomic E-state index is 0.000870. The fourth-order valence-corrected chi connectivity index (χ4v) is 2.18. The highest BCUT2D eigenvalue weighted by atomic mass is 32.2. The van der Waals surface area contributed by atoms with Gasteiger partial charge >= 0.3 is 5.97 Å². The van der Waals surface area contributed by atoms with Gasteiger partial charge in [-0.05, 0) is 26.0 Å². The van der Waals surface area contributed by atoms with Crippen molar-refractivity contribution in [2.45, 2.75) is 37.5 Å². The molecule has 4 N–H and O–H groups in total. The first-order valence-corrected chi connectivity index (χ1v) is 6.12. The van der Waals surface area contributed by atoms with Crippen molar-refractivity contribution in [1.82, 2.24) is 5.32 Å². The van der Waals surface area contributed by atoms with Gasteiger partial charge in [0.05, 0.1) is 0 Å². The van der Waals surface area contributed by atoms with Gasteiger partial charge in [0.1, 0.15) is 6.04 Å². The largest absolute Gasteiger partial charge is 0.480 e. The van der Waals surface area contributed by atoms with Crippen LogP contribution in [-0.2, 0) is 9.59 Å². The van der Waals surface area contributed by atoms with Gasteiger partial charge in [-0.25, -0.2) is 0 Å². The number of carbonyl (C=O) groups is 2. The molecule has 0 saturated carbocycles. The van der Waals surface area contributed by atoms with Crippen molar-refractivity contribution < 1.29 is 14.7 Å². The molecule has 0 aliphatic carbocycles. The van der Waals surface area contributed by atoms with Crippen LogP contribution in [0.5, 0.6) is 0 Å². The minimum atomic E-state index is -0.996. The molecule has 0 aliphatic rings. The third-order valence-electron chi connectivity index (χ3n) is 2.32. The van der Waals surface area contributed by atoms with Gasteiger partial charge in [-0.3, -0.25) is 9.59 Å². The molecule has 0 aromatic carbocycles. The number of rotatable bonds is 7. The van der Waals surface area contributed by atoms with Crippen molar-refractivity contribution >= 4 is 23.6 Å². The van der Waals surface area contributed by atoms with Crippen molar-refractivity contribution in [3.63, 3.8) is 0 Å². The number of hydrogen-bond donors (Lipinski definition) is 3. The molecular weight excluding hydrogens is 228 g/mol. The summed E-state index contributed by atoms with van der Waals surface area (Å²) in [6, 6.07) is -0.891. The summed E-state index contributed by atoms with van der Waals surface area (Å²) in [6.45, 7) is 3.60. The van der Waals surface area contributed by atoms with Gasteiger partial charge in [0.15, 0.2) is 0 Å². The quantitative estimate of drug-likeness (QED) is 0.568. The lowest BCUT2D eigenvalue weighted by Gasteiger charge is -2.27. The molecule has 6 heteroatoms. The monoisotopic (exact) mass is 248 g/mol. The molecule has 0 fully saturated rings. The molecule has 0 aromatic rings. The summed E-state index contributed by atoms with van der Waals surface area (Å²) in [7, 11) is 1.60. The molecule has 1 atom stereocenters. The van der Waals surface area contributed by atoms with Gasteiger partial charge in [0.2, 0.25) is 5.91 Å². The highest BCUT2D eigenvalue weighted by molar-refractivity contribution is 8.00. The Balaban J connectivity index is 3.91. The molecule has 0 bridgehead atoms. The van der Waals surface area contributed by atoms with E-state index in [1.807, 2.05) is 0 Å². The highest BCUT2D eigenvalue weighted by Crippen LogP contribution is 2.28. The van der Waals surface area contributed by atoms with E-state index in [9.17, 15) is 9.59 Å². The Morgan fingerprint density at radius 2 is 2.06 bits per heavy atom. The molecule has 0 spiro atoms. The Labute approximate surface area is 100 Å². The van der Waals surface area contributed by atoms with Crippen LogP contribution < -0.4 is 11.1 Å². The SMILES string of the molecule is CNC(=O)CCCSC(C)(C)[C@@H](N)C(=O)O. The van der Waals surface area contributed by atoms with Crippen LogP contribution in [0.4, 0.5) is 0 Å². The molecule has 0 aliphatic heterocycles. The van der Waals surface area contributed by atoms with Crippen molar-refractivity contribution in [1.29, 1.82) is 0 Å². The van der Waals surface area contributed by atoms with E-state index in [-0.39, 0.29) is 5.91 Å². The Kier molecular flexibility index (Phi) is 6.43. The van der Waals surface area contributed by atoms with Gasteiger partial charge in [0.25, 0.3) is 0 Å². The number of carboxylic acid groups (broad SMARTS) is 1. The Morgan fingerprint density at radius 1 is 1.50 bits per heavy atom. The molecule has 0 heterocycles. The van der Waals surface area contributed by atoms with Gasteiger partial charge in [-0.15, -0.1) is 0 Å². The zero-order valence-corrected chi connectivity index (χ0v) is 10.8. The predicted octanol–water partition coefficient (Wildman–Crippen LogP) is 0.436. The van der Waals surface area contributed by atoms with Gasteiger partial charge in [-0.1, -0.05) is 0 Å². The Bertz CT molecular complexity index is 256. The molecule has 16 heavy (non-hydrogen) atoms. The zero-order valence-electron chi connectivity index (χ0n) is 9.95. The maximum Gasteiger partial charge on any atom is 0.321 e. The second-order valence-corrected chi connectivity index (χ2v) is 5.79. The van der Waals surface area contributed by atoms with Crippen molar-refractivity contribution in [2.24, 2.45) is 5.73 Å². The lowest BCUT2D eigenvalue weighted by Crippen LogP contribution is -2.46. The van der Waals surface area contributed by atoms with Gasteiger partial charge in [0, 0.05) is 18.2 Å². The summed E-state index contributed by atoms with van der Waals surface area (Å²) in [5.74, 6) is -0.272. The normalized spacial score (nSPS) is 13.2. The second kappa shape index (κ2) is 6.75. The summed E-state index contributed by atoms with van der Waals surface area (Å²) < 4.78 is -0.519. The van der Waals surface area contributed by atoms with Crippen LogP contribution in [0.1, 0.15) is 26.7 Å². The van der Waals surface area contributed by atoms with Crippen molar-refractivity contribution in [3.8, 4) is 0 Å². The summed E-state index contributed by atoms with van der Waals surface area (Å²) in [4.78, 5) is 21.7. The van der Waals surface area contributed by atoms with E-state index in [4.69, 9.17) is 10.8 Å². The fraction of sp³-hybridized carbons (Fsp3) is 0.800. The molecule has 0 rings (SSSR count). The fourth-order valence-electron chi connectivity index (χ4n) is 1.08. The number of carboxylic acids is 1. The van der Waals surface area contributed by atoms with E-state index in [2.05, 4.69) is 5.32 Å². The third-order valence-corrected chi connectivity index (χ3v) is 3.81. The summed E-state index contributed by atoms with van der Waals surface area (Å²) >= 11 is 1.48. The third kappa shape index (κ3) is 5.37. The number of amides is 1. The van der Waals surface area contributed by atoms with Crippen molar-refractivity contribution in [3.05, 3.63) is 0 Å². The highest BCUT2D eigenvalue weighted by Gasteiger charge is 2.32. The molecule has 94 valence electrons. The van der Waals surface area contributed by atoms with E-state index in [0.717, 1.165) is 12.2 Å².